The summed E-state index contributed by atoms with van der Waals surface area (Å²) in [6.07, 6.45) is 10.5. The second-order valence-corrected chi connectivity index (χ2v) is 29.3. The van der Waals surface area contributed by atoms with Crippen molar-refractivity contribution in [1.29, 1.82) is 0 Å². The van der Waals surface area contributed by atoms with E-state index in [1.807, 2.05) is 107 Å². The van der Waals surface area contributed by atoms with Crippen LogP contribution in [0, 0.1) is 76.6 Å². The standard InChI is InChI=1S/C22H24N.C21H20N.C19H16N.C15H16N.C11H20O2.C5H8O2.3Ir/c1-14(2)8-18-13-22(19-10-16(4)9-17(5)11-19)23-21-7-6-15(3)12-20(18)21;1-21(2,3)19-12-13-20(22-15-19)18-11-7-10-17(14-18)16-8-5-4-6-9-16;1-14-10-15(2)12-18(11-14)17-8-9-20-19(13-17)16-6-4-3-5-7-16;1-15(2,3)13-9-10-14(16-11-13)12-7-5-4-6-8-12;1-8(2)5-10(12)7-11(13)6-9(3)4;1-4(6)3-5(2)7;;;/h6-7,9-10,12-14H,8H2,1-5H3;4-10,12-15H,1-3H3;3-6,8-13H,1-2H3;4-7,9-11H,1-3H3;7-9,12H,5-6H2,1-4H3;3,6H,1-2H3;;;/q4*-1;;;;;. The van der Waals surface area contributed by atoms with Crippen LogP contribution in [-0.2, 0) is 87.2 Å². The fraction of sp³-hybridized carbons (Fsp3) is 0.290. The summed E-state index contributed by atoms with van der Waals surface area (Å²) in [6.45, 7) is 39.2. The number of carbonyl (C=O) groups is 2. The molecule has 3 radical (unpaired) electrons. The first kappa shape index (κ1) is 90.0. The minimum absolute atomic E-state index is 0. The van der Waals surface area contributed by atoms with Crippen molar-refractivity contribution in [2.75, 3.05) is 0 Å². The summed E-state index contributed by atoms with van der Waals surface area (Å²) >= 11 is 0. The second-order valence-electron chi connectivity index (χ2n) is 29.3. The number of carbonyl (C=O) groups excluding carboxylic acids is 2. The largest absolute Gasteiger partial charge is 0.512 e. The van der Waals surface area contributed by atoms with Crippen LogP contribution in [0.4, 0.5) is 0 Å². The Morgan fingerprint density at radius 1 is 0.452 bits per heavy atom. The first-order valence-corrected chi connectivity index (χ1v) is 35.0. The summed E-state index contributed by atoms with van der Waals surface area (Å²) in [5, 5.41) is 19.0. The van der Waals surface area contributed by atoms with E-state index in [2.05, 4.69) is 257 Å². The molecule has 2 N–H and O–H groups in total. The van der Waals surface area contributed by atoms with Gasteiger partial charge in [0.1, 0.15) is 0 Å². The maximum atomic E-state index is 11.2. The smallest absolute Gasteiger partial charge is 0.159 e. The number of aryl methyl sites for hydroxylation is 5. The summed E-state index contributed by atoms with van der Waals surface area (Å²) in [6, 6.07) is 78.0. The molecule has 0 aliphatic rings. The molecule has 0 spiro atoms. The minimum atomic E-state index is -0.125. The Morgan fingerprint density at radius 2 is 0.990 bits per heavy atom. The fourth-order valence-electron chi connectivity index (χ4n) is 11.0. The second kappa shape index (κ2) is 43.9. The van der Waals surface area contributed by atoms with Gasteiger partial charge in [-0.2, -0.15) is 0 Å². The first-order chi connectivity index (χ1) is 47.8. The number of rotatable bonds is 14. The third-order valence-electron chi connectivity index (χ3n) is 15.8. The molecule has 0 aliphatic heterocycles. The Balaban J connectivity index is 0.000000331. The van der Waals surface area contributed by atoms with Gasteiger partial charge in [-0.1, -0.05) is 205 Å². The number of allylic oxidation sites excluding steroid dienone is 4. The normalized spacial score (nSPS) is 11.1. The molecular formula is C93H104Ir3N4O4-4. The molecule has 0 amide bonds. The third-order valence-corrected chi connectivity index (χ3v) is 15.8. The van der Waals surface area contributed by atoms with Crippen LogP contribution in [0.15, 0.2) is 230 Å². The number of aromatic nitrogens is 4. The van der Waals surface area contributed by atoms with Gasteiger partial charge in [0.2, 0.25) is 0 Å². The number of fused-ring (bicyclic) bond motifs is 1. The summed E-state index contributed by atoms with van der Waals surface area (Å²) < 4.78 is 0. The van der Waals surface area contributed by atoms with E-state index in [9.17, 15) is 14.7 Å². The number of aliphatic hydroxyl groups excluding tert-OH is 2. The van der Waals surface area contributed by atoms with E-state index >= 15 is 0 Å². The maximum Gasteiger partial charge on any atom is 0.159 e. The predicted octanol–water partition coefficient (Wildman–Crippen LogP) is 24.1. The molecule has 0 saturated heterocycles. The number of nitrogens with zero attached hydrogens (tertiary/aromatic N) is 4. The van der Waals surface area contributed by atoms with Crippen molar-refractivity contribution in [3.8, 4) is 67.3 Å². The Kier molecular flexibility index (Phi) is 38.0. The predicted molar refractivity (Wildman–Crippen MR) is 424 cm³/mol. The van der Waals surface area contributed by atoms with Crippen molar-refractivity contribution in [3.63, 3.8) is 0 Å². The maximum absolute atomic E-state index is 11.2. The number of benzene rings is 7. The van der Waals surface area contributed by atoms with Gasteiger partial charge < -0.3 is 25.2 Å². The van der Waals surface area contributed by atoms with Crippen LogP contribution in [0.3, 0.4) is 0 Å². The molecule has 0 aliphatic carbocycles. The fourth-order valence-corrected chi connectivity index (χ4v) is 11.0. The number of hydrogen-bond donors (Lipinski definition) is 2. The molecule has 0 saturated carbocycles. The van der Waals surface area contributed by atoms with Crippen LogP contribution in [0.2, 0.25) is 0 Å². The van der Waals surface area contributed by atoms with Crippen LogP contribution >= 0.6 is 0 Å². The SMILES string of the molecule is CC(=O)C=C(C)O.CC(C)(C)c1ccc(-c2[c-]ccc(-c3ccccc3)c2)nc1.CC(C)(C)c1ccc(-c2[c-]cccc2)nc1.CC(C)CC(=O)C=C(O)CC(C)C.Cc1[c-]c(-c2cc(CC(C)C)c3cc(C)ccc3n2)cc(C)c1.Cc1cc(C)cc(-c2ccnc(-c3[c-]cccc3)c2)c1.[Ir].[Ir].[Ir]. The van der Waals surface area contributed by atoms with Crippen molar-refractivity contribution in [1.82, 2.24) is 19.9 Å². The average Bonchev–Trinajstić information content (AvgIpc) is 0.798. The Labute approximate surface area is 663 Å². The van der Waals surface area contributed by atoms with Crippen molar-refractivity contribution in [2.45, 2.75) is 162 Å². The van der Waals surface area contributed by atoms with Gasteiger partial charge in [0.25, 0.3) is 0 Å². The topological polar surface area (TPSA) is 126 Å². The van der Waals surface area contributed by atoms with Crippen LogP contribution in [0.1, 0.15) is 154 Å². The first-order valence-electron chi connectivity index (χ1n) is 35.0. The van der Waals surface area contributed by atoms with E-state index in [-0.39, 0.29) is 94.2 Å². The summed E-state index contributed by atoms with van der Waals surface area (Å²) in [5.74, 6) is 1.54. The van der Waals surface area contributed by atoms with E-state index < -0.39 is 0 Å². The van der Waals surface area contributed by atoms with Gasteiger partial charge in [0, 0.05) is 109 Å². The Hall–Kier alpha value is -8.23. The molecule has 4 aromatic heterocycles. The van der Waals surface area contributed by atoms with Crippen LogP contribution < -0.4 is 0 Å². The summed E-state index contributed by atoms with van der Waals surface area (Å²) in [5.41, 5.74) is 24.5. The van der Waals surface area contributed by atoms with Gasteiger partial charge in [-0.15, -0.1) is 142 Å². The van der Waals surface area contributed by atoms with Crippen molar-refractivity contribution in [3.05, 3.63) is 299 Å². The average molecular weight is 1920 g/mol. The molecule has 551 valence electrons. The van der Waals surface area contributed by atoms with E-state index in [1.165, 1.54) is 92.6 Å². The number of ketones is 2. The van der Waals surface area contributed by atoms with Gasteiger partial charge in [-0.05, 0) is 144 Å². The Bertz CT molecular complexity index is 4450. The van der Waals surface area contributed by atoms with E-state index in [0.717, 1.165) is 62.5 Å². The van der Waals surface area contributed by atoms with Crippen molar-refractivity contribution < 1.29 is 80.1 Å². The minimum Gasteiger partial charge on any atom is -0.512 e. The molecule has 11 heteroatoms. The van der Waals surface area contributed by atoms with E-state index in [4.69, 9.17) is 10.1 Å². The zero-order chi connectivity index (χ0) is 74.0. The summed E-state index contributed by atoms with van der Waals surface area (Å²) in [4.78, 5) is 39.7. The third kappa shape index (κ3) is 31.2. The van der Waals surface area contributed by atoms with Crippen LogP contribution in [0.25, 0.3) is 78.2 Å². The van der Waals surface area contributed by atoms with E-state index in [1.54, 1.807) is 0 Å². The number of hydrogen-bond acceptors (Lipinski definition) is 8. The van der Waals surface area contributed by atoms with Gasteiger partial charge in [-0.25, -0.2) is 0 Å². The molecule has 104 heavy (non-hydrogen) atoms. The van der Waals surface area contributed by atoms with Crippen LogP contribution in [0.5, 0.6) is 0 Å². The van der Waals surface area contributed by atoms with Gasteiger partial charge >= 0.3 is 0 Å². The van der Waals surface area contributed by atoms with Crippen LogP contribution in [-0.4, -0.2) is 41.7 Å². The van der Waals surface area contributed by atoms with E-state index in [0.29, 0.717) is 30.6 Å². The quantitative estimate of drug-likeness (QED) is 0.0626. The Morgan fingerprint density at radius 3 is 1.48 bits per heavy atom. The van der Waals surface area contributed by atoms with Crippen molar-refractivity contribution >= 4 is 22.5 Å². The molecule has 0 atom stereocenters. The molecule has 11 rings (SSSR count). The van der Waals surface area contributed by atoms with Gasteiger partial charge in [-0.3, -0.25) is 14.6 Å². The number of aliphatic hydroxyl groups is 2. The molecular weight excluding hydrogens is 1810 g/mol. The molecule has 4 heterocycles. The number of pyridine rings is 4. The molecule has 7 aromatic carbocycles. The molecule has 0 unspecified atom stereocenters. The molecule has 8 nitrogen and oxygen atoms in total. The zero-order valence-corrected chi connectivity index (χ0v) is 71.3. The van der Waals surface area contributed by atoms with Crippen molar-refractivity contribution in [2.24, 2.45) is 17.8 Å². The summed E-state index contributed by atoms with van der Waals surface area (Å²) in [7, 11) is 0. The molecule has 0 bridgehead atoms. The zero-order valence-electron chi connectivity index (χ0n) is 64.1. The molecule has 0 fully saturated rings. The molecule has 11 aromatic rings. The van der Waals surface area contributed by atoms with Gasteiger partial charge in [0.15, 0.2) is 11.6 Å². The monoisotopic (exact) mass is 1920 g/mol. The van der Waals surface area contributed by atoms with Gasteiger partial charge in [0.05, 0.1) is 17.0 Å².